The third-order valence-electron chi connectivity index (χ3n) is 2.62. The van der Waals surface area contributed by atoms with Crippen LogP contribution >= 0.6 is 0 Å². The van der Waals surface area contributed by atoms with Gasteiger partial charge < -0.3 is 5.32 Å². The van der Waals surface area contributed by atoms with Gasteiger partial charge in [-0.05, 0) is 24.3 Å². The SMILES string of the molecule is O=c1cc(Nc2ccccc2)nc2ccccn12. The normalized spacial score (nSPS) is 10.4. The van der Waals surface area contributed by atoms with E-state index < -0.39 is 0 Å². The second-order valence-corrected chi connectivity index (χ2v) is 3.90. The van der Waals surface area contributed by atoms with Gasteiger partial charge in [-0.1, -0.05) is 24.3 Å². The highest BCUT2D eigenvalue weighted by Crippen LogP contribution is 2.12. The average molecular weight is 237 g/mol. The van der Waals surface area contributed by atoms with Crippen molar-refractivity contribution >= 4 is 17.2 Å². The Morgan fingerprint density at radius 1 is 1.00 bits per heavy atom. The monoisotopic (exact) mass is 237 g/mol. The van der Waals surface area contributed by atoms with Crippen LogP contribution in [0.3, 0.4) is 0 Å². The molecule has 4 nitrogen and oxygen atoms in total. The van der Waals surface area contributed by atoms with E-state index in [1.807, 2.05) is 36.4 Å². The predicted molar refractivity (Wildman–Crippen MR) is 71.2 cm³/mol. The van der Waals surface area contributed by atoms with Gasteiger partial charge in [0.15, 0.2) is 0 Å². The van der Waals surface area contributed by atoms with E-state index in [4.69, 9.17) is 0 Å². The Morgan fingerprint density at radius 2 is 1.78 bits per heavy atom. The summed E-state index contributed by atoms with van der Waals surface area (Å²) in [6.45, 7) is 0. The molecule has 0 saturated carbocycles. The first-order chi connectivity index (χ1) is 8.83. The van der Waals surface area contributed by atoms with Crippen molar-refractivity contribution in [1.82, 2.24) is 9.38 Å². The largest absolute Gasteiger partial charge is 0.340 e. The first-order valence-electron chi connectivity index (χ1n) is 5.63. The molecule has 3 aromatic rings. The molecular formula is C14H11N3O. The molecule has 1 N–H and O–H groups in total. The van der Waals surface area contributed by atoms with Crippen molar-refractivity contribution in [2.24, 2.45) is 0 Å². The fourth-order valence-corrected chi connectivity index (χ4v) is 1.79. The summed E-state index contributed by atoms with van der Waals surface area (Å²) < 4.78 is 1.51. The maximum absolute atomic E-state index is 11.9. The summed E-state index contributed by atoms with van der Waals surface area (Å²) in [6.07, 6.45) is 1.71. The Hall–Kier alpha value is -2.62. The van der Waals surface area contributed by atoms with E-state index in [-0.39, 0.29) is 5.56 Å². The Balaban J connectivity index is 2.06. The van der Waals surface area contributed by atoms with Gasteiger partial charge in [0.25, 0.3) is 5.56 Å². The lowest BCUT2D eigenvalue weighted by Crippen LogP contribution is -2.14. The van der Waals surface area contributed by atoms with Crippen molar-refractivity contribution in [3.63, 3.8) is 0 Å². The van der Waals surface area contributed by atoms with Gasteiger partial charge in [0.05, 0.1) is 0 Å². The summed E-state index contributed by atoms with van der Waals surface area (Å²) in [7, 11) is 0. The van der Waals surface area contributed by atoms with Crippen LogP contribution < -0.4 is 10.9 Å². The predicted octanol–water partition coefficient (Wildman–Crippen LogP) is 2.44. The molecule has 0 saturated heterocycles. The second-order valence-electron chi connectivity index (χ2n) is 3.90. The number of fused-ring (bicyclic) bond motifs is 1. The van der Waals surface area contributed by atoms with Crippen molar-refractivity contribution in [2.75, 3.05) is 5.32 Å². The fraction of sp³-hybridized carbons (Fsp3) is 0. The van der Waals surface area contributed by atoms with Crippen molar-refractivity contribution in [3.8, 4) is 0 Å². The number of aromatic nitrogens is 2. The van der Waals surface area contributed by atoms with Crippen LogP contribution in [0.1, 0.15) is 0 Å². The molecule has 0 unspecified atom stereocenters. The summed E-state index contributed by atoms with van der Waals surface area (Å²) in [6, 6.07) is 16.6. The number of para-hydroxylation sites is 1. The van der Waals surface area contributed by atoms with E-state index in [9.17, 15) is 4.79 Å². The highest BCUT2D eigenvalue weighted by atomic mass is 16.1. The standard InChI is InChI=1S/C14H11N3O/c18-14-10-12(15-11-6-2-1-3-7-11)16-13-8-4-5-9-17(13)14/h1-10,15H. The Labute approximate surface area is 104 Å². The van der Waals surface area contributed by atoms with Crippen LogP contribution in [0, 0.1) is 0 Å². The number of nitrogens with zero attached hydrogens (tertiary/aromatic N) is 2. The smallest absolute Gasteiger partial charge is 0.259 e. The van der Waals surface area contributed by atoms with Crippen LogP contribution in [0.15, 0.2) is 65.6 Å². The minimum absolute atomic E-state index is 0.0981. The van der Waals surface area contributed by atoms with Crippen LogP contribution in [0.4, 0.5) is 11.5 Å². The Kier molecular flexibility index (Phi) is 2.53. The summed E-state index contributed by atoms with van der Waals surface area (Å²) in [4.78, 5) is 16.3. The lowest BCUT2D eigenvalue weighted by Gasteiger charge is -2.06. The highest BCUT2D eigenvalue weighted by molar-refractivity contribution is 5.57. The molecule has 0 spiro atoms. The molecule has 88 valence electrons. The van der Waals surface area contributed by atoms with Crippen LogP contribution in [0.25, 0.3) is 5.65 Å². The van der Waals surface area contributed by atoms with Gasteiger partial charge in [-0.2, -0.15) is 0 Å². The van der Waals surface area contributed by atoms with E-state index in [0.29, 0.717) is 11.5 Å². The van der Waals surface area contributed by atoms with Crippen molar-refractivity contribution in [3.05, 3.63) is 71.1 Å². The van der Waals surface area contributed by atoms with Gasteiger partial charge in [0.2, 0.25) is 0 Å². The van der Waals surface area contributed by atoms with Gasteiger partial charge in [-0.25, -0.2) is 4.98 Å². The molecule has 4 heteroatoms. The number of benzene rings is 1. The molecule has 0 atom stereocenters. The maximum atomic E-state index is 11.9. The van der Waals surface area contributed by atoms with Crippen molar-refractivity contribution in [2.45, 2.75) is 0 Å². The topological polar surface area (TPSA) is 46.4 Å². The minimum atomic E-state index is -0.0981. The molecule has 0 bridgehead atoms. The summed E-state index contributed by atoms with van der Waals surface area (Å²) >= 11 is 0. The highest BCUT2D eigenvalue weighted by Gasteiger charge is 2.01. The Morgan fingerprint density at radius 3 is 2.61 bits per heavy atom. The molecule has 0 aliphatic rings. The minimum Gasteiger partial charge on any atom is -0.340 e. The molecule has 2 heterocycles. The van der Waals surface area contributed by atoms with Crippen LogP contribution in [0.2, 0.25) is 0 Å². The number of hydrogen-bond donors (Lipinski definition) is 1. The number of hydrogen-bond acceptors (Lipinski definition) is 3. The van der Waals surface area contributed by atoms with Crippen molar-refractivity contribution in [1.29, 1.82) is 0 Å². The molecule has 3 rings (SSSR count). The van der Waals surface area contributed by atoms with E-state index >= 15 is 0 Å². The average Bonchev–Trinajstić information content (AvgIpc) is 2.40. The van der Waals surface area contributed by atoms with Crippen molar-refractivity contribution < 1.29 is 0 Å². The van der Waals surface area contributed by atoms with Crippen LogP contribution in [-0.2, 0) is 0 Å². The van der Waals surface area contributed by atoms with Crippen LogP contribution in [-0.4, -0.2) is 9.38 Å². The van der Waals surface area contributed by atoms with Gasteiger partial charge in [-0.15, -0.1) is 0 Å². The quantitative estimate of drug-likeness (QED) is 0.744. The lowest BCUT2D eigenvalue weighted by molar-refractivity contribution is 1.05. The zero-order chi connectivity index (χ0) is 12.4. The van der Waals surface area contributed by atoms with Gasteiger partial charge in [0.1, 0.15) is 11.5 Å². The third kappa shape index (κ3) is 1.96. The molecule has 2 aromatic heterocycles. The maximum Gasteiger partial charge on any atom is 0.259 e. The molecule has 0 amide bonds. The first kappa shape index (κ1) is 10.5. The van der Waals surface area contributed by atoms with E-state index in [0.717, 1.165) is 5.69 Å². The molecule has 18 heavy (non-hydrogen) atoms. The summed E-state index contributed by atoms with van der Waals surface area (Å²) in [5, 5.41) is 3.11. The summed E-state index contributed by atoms with van der Waals surface area (Å²) in [5.41, 5.74) is 1.44. The molecular weight excluding hydrogens is 226 g/mol. The Bertz CT molecular complexity index is 735. The van der Waals surface area contributed by atoms with Gasteiger partial charge in [0, 0.05) is 18.0 Å². The first-order valence-corrected chi connectivity index (χ1v) is 5.63. The van der Waals surface area contributed by atoms with E-state index in [2.05, 4.69) is 10.3 Å². The van der Waals surface area contributed by atoms with E-state index in [1.54, 1.807) is 18.3 Å². The number of pyridine rings is 1. The molecule has 0 fully saturated rings. The van der Waals surface area contributed by atoms with Gasteiger partial charge >= 0.3 is 0 Å². The molecule has 1 aromatic carbocycles. The third-order valence-corrected chi connectivity index (χ3v) is 2.62. The second kappa shape index (κ2) is 4.33. The molecule has 0 aliphatic carbocycles. The van der Waals surface area contributed by atoms with Gasteiger partial charge in [-0.3, -0.25) is 9.20 Å². The number of rotatable bonds is 2. The molecule has 0 radical (unpaired) electrons. The zero-order valence-electron chi connectivity index (χ0n) is 9.58. The lowest BCUT2D eigenvalue weighted by atomic mass is 10.3. The number of anilines is 2. The fourth-order valence-electron chi connectivity index (χ4n) is 1.79. The summed E-state index contributed by atoms with van der Waals surface area (Å²) in [5.74, 6) is 0.553. The van der Waals surface area contributed by atoms with Crippen LogP contribution in [0.5, 0.6) is 0 Å². The number of nitrogens with one attached hydrogen (secondary N) is 1. The van der Waals surface area contributed by atoms with E-state index in [1.165, 1.54) is 10.5 Å². The zero-order valence-corrected chi connectivity index (χ0v) is 9.58. The molecule has 0 aliphatic heterocycles.